The first-order valence-electron chi connectivity index (χ1n) is 8.60. The highest BCUT2D eigenvalue weighted by atomic mass is 19.1. The van der Waals surface area contributed by atoms with Crippen molar-refractivity contribution in [3.8, 4) is 11.5 Å². The first-order chi connectivity index (χ1) is 13.5. The van der Waals surface area contributed by atoms with Crippen molar-refractivity contribution in [3.05, 3.63) is 82.2 Å². The van der Waals surface area contributed by atoms with E-state index in [0.717, 1.165) is 0 Å². The second-order valence-corrected chi connectivity index (χ2v) is 6.11. The Kier molecular flexibility index (Phi) is 6.23. The van der Waals surface area contributed by atoms with Crippen molar-refractivity contribution in [3.63, 3.8) is 0 Å². The van der Waals surface area contributed by atoms with Crippen LogP contribution in [-0.4, -0.2) is 34.6 Å². The molecular weight excluding hydrogens is 363 g/mol. The molecule has 3 rings (SSSR count). The quantitative estimate of drug-likeness (QED) is 0.652. The number of ether oxygens (including phenoxy) is 1. The normalized spacial score (nSPS) is 11.8. The standard InChI is InChI=1S/C20H19FN4O3/c1-28-12-19(27)24-17(13-5-7-14(21)8-6-13)10-15-11-18(26)25-20(23-15)16-4-2-3-9-22-16/h2-9,11,17H,10,12H2,1H3,(H,24,27)(H,23,25,26). The molecule has 0 radical (unpaired) electrons. The van der Waals surface area contributed by atoms with Gasteiger partial charge in [0.2, 0.25) is 5.91 Å². The number of aromatic nitrogens is 3. The molecule has 0 aliphatic carbocycles. The van der Waals surface area contributed by atoms with Crippen LogP contribution < -0.4 is 10.9 Å². The maximum Gasteiger partial charge on any atom is 0.251 e. The average molecular weight is 382 g/mol. The molecule has 3 aromatic rings. The molecule has 0 bridgehead atoms. The Morgan fingerprint density at radius 3 is 2.71 bits per heavy atom. The number of aromatic amines is 1. The van der Waals surface area contributed by atoms with Crippen LogP contribution in [0.15, 0.2) is 59.5 Å². The molecule has 0 aliphatic heterocycles. The topological polar surface area (TPSA) is 97.0 Å². The van der Waals surface area contributed by atoms with E-state index in [1.165, 1.54) is 25.3 Å². The molecule has 7 nitrogen and oxygen atoms in total. The number of carbonyl (C=O) groups excluding carboxylic acids is 1. The van der Waals surface area contributed by atoms with E-state index >= 15 is 0 Å². The third-order valence-electron chi connectivity index (χ3n) is 4.00. The number of amides is 1. The summed E-state index contributed by atoms with van der Waals surface area (Å²) in [7, 11) is 1.42. The van der Waals surface area contributed by atoms with E-state index < -0.39 is 6.04 Å². The molecule has 1 amide bonds. The lowest BCUT2D eigenvalue weighted by atomic mass is 10.0. The molecule has 8 heteroatoms. The summed E-state index contributed by atoms with van der Waals surface area (Å²) in [6.45, 7) is -0.111. The van der Waals surface area contributed by atoms with Crippen molar-refractivity contribution in [1.29, 1.82) is 0 Å². The number of nitrogens with one attached hydrogen (secondary N) is 2. The lowest BCUT2D eigenvalue weighted by Crippen LogP contribution is -2.33. The largest absolute Gasteiger partial charge is 0.375 e. The van der Waals surface area contributed by atoms with Gasteiger partial charge >= 0.3 is 0 Å². The third-order valence-corrected chi connectivity index (χ3v) is 4.00. The summed E-state index contributed by atoms with van der Waals surface area (Å²) in [5.74, 6) is -0.367. The molecule has 1 unspecified atom stereocenters. The van der Waals surface area contributed by atoms with E-state index in [0.29, 0.717) is 22.8 Å². The molecule has 144 valence electrons. The molecule has 28 heavy (non-hydrogen) atoms. The van der Waals surface area contributed by atoms with Crippen molar-refractivity contribution >= 4 is 5.91 Å². The van der Waals surface area contributed by atoms with Gasteiger partial charge in [-0.25, -0.2) is 9.37 Å². The molecule has 2 heterocycles. The minimum Gasteiger partial charge on any atom is -0.375 e. The predicted molar refractivity (Wildman–Crippen MR) is 101 cm³/mol. The number of nitrogens with zero attached hydrogens (tertiary/aromatic N) is 2. The molecule has 2 N–H and O–H groups in total. The van der Waals surface area contributed by atoms with Crippen LogP contribution in [0.25, 0.3) is 11.5 Å². The van der Waals surface area contributed by atoms with E-state index in [2.05, 4.69) is 20.3 Å². The summed E-state index contributed by atoms with van der Waals surface area (Å²) >= 11 is 0. The van der Waals surface area contributed by atoms with Gasteiger partial charge in [0.1, 0.15) is 18.1 Å². The van der Waals surface area contributed by atoms with Crippen molar-refractivity contribution < 1.29 is 13.9 Å². The van der Waals surface area contributed by atoms with E-state index in [1.807, 2.05) is 0 Å². The fourth-order valence-electron chi connectivity index (χ4n) is 2.76. The van der Waals surface area contributed by atoms with E-state index in [-0.39, 0.29) is 30.3 Å². The highest BCUT2D eigenvalue weighted by Gasteiger charge is 2.17. The maximum atomic E-state index is 13.3. The minimum atomic E-state index is -0.505. The van der Waals surface area contributed by atoms with Gasteiger partial charge < -0.3 is 15.0 Å². The monoisotopic (exact) mass is 382 g/mol. The van der Waals surface area contributed by atoms with Crippen LogP contribution in [0.4, 0.5) is 4.39 Å². The van der Waals surface area contributed by atoms with Crippen LogP contribution in [0.1, 0.15) is 17.3 Å². The van der Waals surface area contributed by atoms with Crippen LogP contribution in [0.3, 0.4) is 0 Å². The molecule has 0 spiro atoms. The maximum absolute atomic E-state index is 13.3. The number of benzene rings is 1. The van der Waals surface area contributed by atoms with E-state index in [1.54, 1.807) is 36.5 Å². The summed E-state index contributed by atoms with van der Waals surface area (Å²) < 4.78 is 18.1. The fourth-order valence-corrected chi connectivity index (χ4v) is 2.76. The molecular formula is C20H19FN4O3. The van der Waals surface area contributed by atoms with Crippen LogP contribution >= 0.6 is 0 Å². The Bertz CT molecular complexity index is 990. The lowest BCUT2D eigenvalue weighted by Gasteiger charge is -2.19. The number of carbonyl (C=O) groups is 1. The third kappa shape index (κ3) is 5.08. The second kappa shape index (κ2) is 9.01. The second-order valence-electron chi connectivity index (χ2n) is 6.11. The smallest absolute Gasteiger partial charge is 0.251 e. The molecule has 1 atom stereocenters. The summed E-state index contributed by atoms with van der Waals surface area (Å²) in [6, 6.07) is 12.0. The number of halogens is 1. The summed E-state index contributed by atoms with van der Waals surface area (Å²) in [5.41, 5.74) is 1.36. The van der Waals surface area contributed by atoms with Crippen molar-refractivity contribution in [1.82, 2.24) is 20.3 Å². The number of rotatable bonds is 7. The summed E-state index contributed by atoms with van der Waals surface area (Å²) in [6.07, 6.45) is 1.85. The van der Waals surface area contributed by atoms with Crippen molar-refractivity contribution in [2.75, 3.05) is 13.7 Å². The summed E-state index contributed by atoms with van der Waals surface area (Å²) in [4.78, 5) is 35.4. The first kappa shape index (κ1) is 19.4. The minimum absolute atomic E-state index is 0.111. The van der Waals surface area contributed by atoms with Crippen LogP contribution in [0.5, 0.6) is 0 Å². The highest BCUT2D eigenvalue weighted by molar-refractivity contribution is 5.77. The molecule has 2 aromatic heterocycles. The van der Waals surface area contributed by atoms with Gasteiger partial charge in [0, 0.05) is 25.8 Å². The molecule has 0 saturated carbocycles. The zero-order chi connectivity index (χ0) is 19.9. The average Bonchev–Trinajstić information content (AvgIpc) is 2.68. The van der Waals surface area contributed by atoms with Crippen molar-refractivity contribution in [2.24, 2.45) is 0 Å². The predicted octanol–water partition coefficient (Wildman–Crippen LogP) is 2.02. The molecule has 0 aliphatic rings. The molecule has 0 fully saturated rings. The van der Waals surface area contributed by atoms with Gasteiger partial charge in [-0.1, -0.05) is 18.2 Å². The van der Waals surface area contributed by atoms with Gasteiger partial charge in [0.25, 0.3) is 5.56 Å². The van der Waals surface area contributed by atoms with Crippen molar-refractivity contribution in [2.45, 2.75) is 12.5 Å². The number of methoxy groups -OCH3 is 1. The van der Waals surface area contributed by atoms with Gasteiger partial charge in [-0.15, -0.1) is 0 Å². The van der Waals surface area contributed by atoms with Gasteiger partial charge in [-0.05, 0) is 29.8 Å². The molecule has 1 aromatic carbocycles. The first-order valence-corrected chi connectivity index (χ1v) is 8.60. The Morgan fingerprint density at radius 1 is 1.25 bits per heavy atom. The number of pyridine rings is 1. The van der Waals surface area contributed by atoms with Gasteiger partial charge in [0.15, 0.2) is 5.82 Å². The molecule has 0 saturated heterocycles. The van der Waals surface area contributed by atoms with Crippen LogP contribution in [0, 0.1) is 5.82 Å². The number of hydrogen-bond donors (Lipinski definition) is 2. The van der Waals surface area contributed by atoms with Crippen LogP contribution in [-0.2, 0) is 16.0 Å². The summed E-state index contributed by atoms with van der Waals surface area (Å²) in [5, 5.41) is 2.83. The van der Waals surface area contributed by atoms with Gasteiger partial charge in [-0.3, -0.25) is 14.6 Å². The number of H-pyrrole nitrogens is 1. The Hall–Kier alpha value is -3.39. The lowest BCUT2D eigenvalue weighted by molar-refractivity contribution is -0.125. The van der Waals surface area contributed by atoms with E-state index in [9.17, 15) is 14.0 Å². The highest BCUT2D eigenvalue weighted by Crippen LogP contribution is 2.19. The van der Waals surface area contributed by atoms with E-state index in [4.69, 9.17) is 4.74 Å². The Balaban J connectivity index is 1.91. The fraction of sp³-hybridized carbons (Fsp3) is 0.200. The Morgan fingerprint density at radius 2 is 2.04 bits per heavy atom. The SMILES string of the molecule is COCC(=O)NC(Cc1cc(=O)[nH]c(-c2ccccn2)n1)c1ccc(F)cc1. The van der Waals surface area contributed by atoms with Gasteiger partial charge in [-0.2, -0.15) is 0 Å². The zero-order valence-corrected chi connectivity index (χ0v) is 15.2. The zero-order valence-electron chi connectivity index (χ0n) is 15.2. The van der Waals surface area contributed by atoms with Crippen LogP contribution in [0.2, 0.25) is 0 Å². The van der Waals surface area contributed by atoms with Gasteiger partial charge in [0.05, 0.1) is 11.7 Å². The number of hydrogen-bond acceptors (Lipinski definition) is 5. The Labute approximate surface area is 160 Å².